The fraction of sp³-hybridized carbons (Fsp3) is 0.600. The predicted molar refractivity (Wildman–Crippen MR) is 155 cm³/mol. The molecule has 0 unspecified atom stereocenters. The molecule has 38 heavy (non-hydrogen) atoms. The molecule has 0 aromatic heterocycles. The summed E-state index contributed by atoms with van der Waals surface area (Å²) in [6, 6.07) is 8.81. The molecule has 2 aliphatic heterocycles. The van der Waals surface area contributed by atoms with Gasteiger partial charge in [0.25, 0.3) is 0 Å². The van der Waals surface area contributed by atoms with Crippen molar-refractivity contribution in [2.45, 2.75) is 86.5 Å². The molecule has 6 nitrogen and oxygen atoms in total. The van der Waals surface area contributed by atoms with Gasteiger partial charge in [0, 0.05) is 0 Å². The monoisotopic (exact) mass is 562 g/mol. The van der Waals surface area contributed by atoms with E-state index >= 15 is 0 Å². The Labute approximate surface area is 231 Å². The third-order valence-electron chi connectivity index (χ3n) is 7.11. The van der Waals surface area contributed by atoms with E-state index in [4.69, 9.17) is 27.1 Å². The predicted octanol–water partition coefficient (Wildman–Crippen LogP) is 9.23. The van der Waals surface area contributed by atoms with Crippen molar-refractivity contribution in [3.8, 4) is 11.5 Å². The molecule has 2 fully saturated rings. The van der Waals surface area contributed by atoms with E-state index in [0.29, 0.717) is 44.2 Å². The zero-order valence-corrected chi connectivity index (χ0v) is 26.2. The highest BCUT2D eigenvalue weighted by Crippen LogP contribution is 2.55. The number of benzene rings is 2. The van der Waals surface area contributed by atoms with Gasteiger partial charge >= 0.3 is 17.2 Å². The van der Waals surface area contributed by atoms with E-state index in [2.05, 4.69) is 86.6 Å². The van der Waals surface area contributed by atoms with Gasteiger partial charge < -0.3 is 27.1 Å². The number of rotatable bonds is 8. The van der Waals surface area contributed by atoms with Gasteiger partial charge in [-0.05, 0) is 60.3 Å². The second-order valence-corrected chi connectivity index (χ2v) is 13.9. The van der Waals surface area contributed by atoms with Crippen LogP contribution in [-0.2, 0) is 24.5 Å². The molecule has 0 bridgehead atoms. The minimum Gasteiger partial charge on any atom is -0.426 e. The van der Waals surface area contributed by atoms with Gasteiger partial charge in [0.05, 0.1) is 31.8 Å². The third-order valence-corrected chi connectivity index (χ3v) is 9.14. The Bertz CT molecular complexity index is 1070. The van der Waals surface area contributed by atoms with Crippen LogP contribution in [0.5, 0.6) is 11.5 Å². The molecule has 0 amide bonds. The van der Waals surface area contributed by atoms with Gasteiger partial charge in [-0.2, -0.15) is 0 Å². The van der Waals surface area contributed by atoms with Crippen LogP contribution in [0, 0.1) is 19.3 Å². The number of hydrogen-bond acceptors (Lipinski definition) is 6. The van der Waals surface area contributed by atoms with E-state index in [1.54, 1.807) is 0 Å². The van der Waals surface area contributed by atoms with Gasteiger partial charge in [-0.25, -0.2) is 0 Å². The smallest absolute Gasteiger partial charge is 0.397 e. The van der Waals surface area contributed by atoms with Crippen LogP contribution in [0.4, 0.5) is 0 Å². The molecular weight excluding hydrogens is 518 g/mol. The van der Waals surface area contributed by atoms with Crippen LogP contribution in [0.25, 0.3) is 0 Å². The zero-order chi connectivity index (χ0) is 27.6. The number of hydrogen-bond donors (Lipinski definition) is 0. The molecule has 2 heterocycles. The van der Waals surface area contributed by atoms with Gasteiger partial charge in [-0.1, -0.05) is 83.9 Å². The molecule has 1 spiro atoms. The van der Waals surface area contributed by atoms with Crippen LogP contribution in [0.1, 0.15) is 99.6 Å². The van der Waals surface area contributed by atoms with E-state index in [-0.39, 0.29) is 5.41 Å². The lowest BCUT2D eigenvalue weighted by Gasteiger charge is -2.41. The normalized spacial score (nSPS) is 24.0. The average molecular weight is 563 g/mol. The summed E-state index contributed by atoms with van der Waals surface area (Å²) in [7, 11) is -2.99. The van der Waals surface area contributed by atoms with Crippen LogP contribution in [-0.4, -0.2) is 26.4 Å². The maximum atomic E-state index is 6.42. The van der Waals surface area contributed by atoms with Crippen molar-refractivity contribution in [3.63, 3.8) is 0 Å². The molecule has 2 aromatic rings. The first-order valence-corrected chi connectivity index (χ1v) is 16.0. The van der Waals surface area contributed by atoms with Crippen molar-refractivity contribution in [2.24, 2.45) is 5.41 Å². The van der Waals surface area contributed by atoms with E-state index in [9.17, 15) is 0 Å². The first kappa shape index (κ1) is 29.7. The lowest BCUT2D eigenvalue weighted by Crippen LogP contribution is -2.45. The van der Waals surface area contributed by atoms with Gasteiger partial charge in [-0.15, -0.1) is 0 Å². The maximum Gasteiger partial charge on any atom is 0.397 e. The summed E-state index contributed by atoms with van der Waals surface area (Å²) in [5, 5.41) is 0. The zero-order valence-electron chi connectivity index (χ0n) is 24.4. The molecule has 0 radical (unpaired) electrons. The summed E-state index contributed by atoms with van der Waals surface area (Å²) in [6.45, 7) is 21.4. The SMILES string of the molecule is CCc1cc(C)cc(C(C)C)c1OP1OCC2(CO1)COP(Oc1c(C(C)C)cc(C)cc1C(C)C)OC2. The minimum atomic E-state index is -1.50. The Balaban J connectivity index is 1.39. The Kier molecular flexibility index (Phi) is 9.78. The van der Waals surface area contributed by atoms with Crippen molar-refractivity contribution in [2.75, 3.05) is 26.4 Å². The molecular formula is C30H44O6P2. The van der Waals surface area contributed by atoms with E-state index in [0.717, 1.165) is 17.9 Å². The quantitative estimate of drug-likeness (QED) is 0.299. The van der Waals surface area contributed by atoms with Crippen molar-refractivity contribution < 1.29 is 27.1 Å². The van der Waals surface area contributed by atoms with Crippen molar-refractivity contribution in [1.82, 2.24) is 0 Å². The van der Waals surface area contributed by atoms with Gasteiger partial charge in [0.2, 0.25) is 0 Å². The summed E-state index contributed by atoms with van der Waals surface area (Å²) in [6.07, 6.45) is 0.896. The van der Waals surface area contributed by atoms with Crippen LogP contribution in [0.15, 0.2) is 24.3 Å². The molecule has 2 aromatic carbocycles. The van der Waals surface area contributed by atoms with E-state index in [1.807, 2.05) is 0 Å². The summed E-state index contributed by atoms with van der Waals surface area (Å²) >= 11 is 0. The van der Waals surface area contributed by atoms with Crippen molar-refractivity contribution >= 4 is 17.2 Å². The van der Waals surface area contributed by atoms with Gasteiger partial charge in [-0.3, -0.25) is 0 Å². The second-order valence-electron chi connectivity index (χ2n) is 11.7. The standard InChI is InChI=1S/C30H44O6P2/c1-10-24-11-22(8)12-25(19(2)3)28(24)35-37-31-15-30(16-32-37)17-33-38(34-18-30)36-29-26(20(4)5)13-23(9)14-27(29)21(6)7/h11-14,19-21H,10,15-18H2,1-9H3. The summed E-state index contributed by atoms with van der Waals surface area (Å²) in [4.78, 5) is 0. The molecule has 0 N–H and O–H groups in total. The minimum absolute atomic E-state index is 0.339. The fourth-order valence-corrected chi connectivity index (χ4v) is 7.42. The first-order valence-electron chi connectivity index (χ1n) is 13.8. The van der Waals surface area contributed by atoms with Crippen LogP contribution >= 0.6 is 17.2 Å². The highest BCUT2D eigenvalue weighted by Gasteiger charge is 2.45. The Hall–Kier alpha value is -1.26. The van der Waals surface area contributed by atoms with Crippen molar-refractivity contribution in [1.29, 1.82) is 0 Å². The summed E-state index contributed by atoms with van der Waals surface area (Å²) in [5.74, 6) is 2.84. The molecule has 2 saturated heterocycles. The van der Waals surface area contributed by atoms with Gasteiger partial charge in [0.1, 0.15) is 11.5 Å². The fourth-order valence-electron chi connectivity index (χ4n) is 4.81. The average Bonchev–Trinajstić information content (AvgIpc) is 2.87. The van der Waals surface area contributed by atoms with Crippen LogP contribution < -0.4 is 9.05 Å². The molecule has 4 rings (SSSR count). The van der Waals surface area contributed by atoms with E-state index in [1.165, 1.54) is 33.4 Å². The molecule has 0 aliphatic carbocycles. The molecule has 0 saturated carbocycles. The Morgan fingerprint density at radius 1 is 0.658 bits per heavy atom. The molecule has 0 atom stereocenters. The van der Waals surface area contributed by atoms with Crippen molar-refractivity contribution in [3.05, 3.63) is 57.6 Å². The lowest BCUT2D eigenvalue weighted by molar-refractivity contribution is -0.0674. The maximum absolute atomic E-state index is 6.42. The molecule has 210 valence electrons. The summed E-state index contributed by atoms with van der Waals surface area (Å²) in [5.41, 5.74) is 6.90. The third kappa shape index (κ3) is 6.72. The lowest BCUT2D eigenvalue weighted by atomic mass is 9.92. The Morgan fingerprint density at radius 3 is 1.42 bits per heavy atom. The first-order chi connectivity index (χ1) is 18.0. The molecule has 2 aliphatic rings. The van der Waals surface area contributed by atoms with E-state index < -0.39 is 17.2 Å². The van der Waals surface area contributed by atoms with Crippen LogP contribution in [0.2, 0.25) is 0 Å². The molecule has 8 heteroatoms. The summed E-state index contributed by atoms with van der Waals surface area (Å²) < 4.78 is 37.4. The largest absolute Gasteiger partial charge is 0.426 e. The van der Waals surface area contributed by atoms with Gasteiger partial charge in [0.15, 0.2) is 0 Å². The van der Waals surface area contributed by atoms with Crippen LogP contribution in [0.3, 0.4) is 0 Å². The second kappa shape index (κ2) is 12.5. The number of aryl methyl sites for hydroxylation is 3. The highest BCUT2D eigenvalue weighted by atomic mass is 31.2. The highest BCUT2D eigenvalue weighted by molar-refractivity contribution is 7.42. The topological polar surface area (TPSA) is 55.4 Å². The Morgan fingerprint density at radius 2 is 1.03 bits per heavy atom.